The molecular weight excluding hydrogens is 377 g/mol. The molecule has 1 aliphatic carbocycles. The molecule has 1 aliphatic heterocycles. The van der Waals surface area contributed by atoms with Gasteiger partial charge in [0.05, 0.1) is 0 Å². The summed E-state index contributed by atoms with van der Waals surface area (Å²) in [5, 5.41) is 3.68. The lowest BCUT2D eigenvalue weighted by atomic mass is 9.87. The monoisotopic (exact) mass is 409 g/mol. The van der Waals surface area contributed by atoms with E-state index in [9.17, 15) is 9.18 Å². The van der Waals surface area contributed by atoms with Gasteiger partial charge in [-0.1, -0.05) is 42.0 Å². The molecule has 3 atom stereocenters. The number of piperazine rings is 1. The van der Waals surface area contributed by atoms with Crippen LogP contribution < -0.4 is 5.32 Å². The molecule has 0 bridgehead atoms. The van der Waals surface area contributed by atoms with Crippen LogP contribution in [0.1, 0.15) is 35.4 Å². The molecular formula is C25H32FN3O. The van der Waals surface area contributed by atoms with Crippen molar-refractivity contribution in [2.75, 3.05) is 33.2 Å². The molecule has 0 unspecified atom stereocenters. The summed E-state index contributed by atoms with van der Waals surface area (Å²) < 4.78 is 13.5. The van der Waals surface area contributed by atoms with Crippen molar-refractivity contribution in [3.05, 3.63) is 71.0 Å². The lowest BCUT2D eigenvalue weighted by Crippen LogP contribution is -2.49. The Morgan fingerprint density at radius 2 is 1.80 bits per heavy atom. The van der Waals surface area contributed by atoms with Gasteiger partial charge in [0, 0.05) is 44.7 Å². The number of nitrogens with one attached hydrogen (secondary N) is 1. The summed E-state index contributed by atoms with van der Waals surface area (Å²) in [5.74, 6) is 0.117. The molecule has 0 radical (unpaired) electrons. The quantitative estimate of drug-likeness (QED) is 0.820. The minimum Gasteiger partial charge on any atom is -0.340 e. The zero-order chi connectivity index (χ0) is 21.1. The van der Waals surface area contributed by atoms with E-state index in [0.717, 1.165) is 51.1 Å². The maximum atomic E-state index is 13.5. The van der Waals surface area contributed by atoms with Crippen molar-refractivity contribution in [2.45, 2.75) is 38.3 Å². The summed E-state index contributed by atoms with van der Waals surface area (Å²) in [7, 11) is 2.10. The highest BCUT2D eigenvalue weighted by atomic mass is 19.1. The molecule has 1 saturated heterocycles. The van der Waals surface area contributed by atoms with Crippen LogP contribution in [0.4, 0.5) is 4.39 Å². The zero-order valence-electron chi connectivity index (χ0n) is 18.0. The van der Waals surface area contributed by atoms with Crippen molar-refractivity contribution in [1.29, 1.82) is 0 Å². The molecule has 160 valence electrons. The Kier molecular flexibility index (Phi) is 6.49. The third-order valence-corrected chi connectivity index (χ3v) is 6.67. The molecule has 0 spiro atoms. The highest BCUT2D eigenvalue weighted by molar-refractivity contribution is 5.80. The highest BCUT2D eigenvalue weighted by Gasteiger charge is 2.41. The minimum absolute atomic E-state index is 0.0473. The van der Waals surface area contributed by atoms with E-state index in [-0.39, 0.29) is 29.6 Å². The molecule has 5 heteroatoms. The van der Waals surface area contributed by atoms with Crippen molar-refractivity contribution in [3.8, 4) is 0 Å². The first-order valence-corrected chi connectivity index (χ1v) is 11.0. The molecule has 4 nitrogen and oxygen atoms in total. The summed E-state index contributed by atoms with van der Waals surface area (Å²) in [4.78, 5) is 17.7. The number of carbonyl (C=O) groups is 1. The first kappa shape index (κ1) is 21.0. The first-order chi connectivity index (χ1) is 14.5. The summed E-state index contributed by atoms with van der Waals surface area (Å²) in [6.45, 7) is 6.35. The van der Waals surface area contributed by atoms with Crippen LogP contribution >= 0.6 is 0 Å². The standard InChI is InChI=1S/C25H32FN3O/c1-18-4-3-5-19(14-18)17-27-22-15-23(20-6-8-21(26)9-7-20)24(16-22)25(30)29-12-10-28(2)11-13-29/h3-9,14,22-24,27H,10-13,15-17H2,1-2H3/t22-,23+,24-/m0/s1. The van der Waals surface area contributed by atoms with Crippen LogP contribution in [-0.2, 0) is 11.3 Å². The number of hydrogen-bond acceptors (Lipinski definition) is 3. The SMILES string of the molecule is Cc1cccc(CN[C@@H]2C[C@H](C(=O)N3CCN(C)CC3)[C@@H](c3ccc(F)cc3)C2)c1. The van der Waals surface area contributed by atoms with E-state index in [4.69, 9.17) is 0 Å². The van der Waals surface area contributed by atoms with Crippen LogP contribution in [0, 0.1) is 18.7 Å². The Labute approximate surface area is 179 Å². The number of hydrogen-bond donors (Lipinski definition) is 1. The molecule has 30 heavy (non-hydrogen) atoms. The lowest BCUT2D eigenvalue weighted by molar-refractivity contribution is -0.137. The smallest absolute Gasteiger partial charge is 0.226 e. The van der Waals surface area contributed by atoms with E-state index < -0.39 is 0 Å². The van der Waals surface area contributed by atoms with Gasteiger partial charge in [-0.2, -0.15) is 0 Å². The molecule has 4 rings (SSSR count). The van der Waals surface area contributed by atoms with Crippen molar-refractivity contribution in [2.24, 2.45) is 5.92 Å². The fourth-order valence-electron chi connectivity index (χ4n) is 4.90. The molecule has 1 N–H and O–H groups in total. The second-order valence-corrected chi connectivity index (χ2v) is 8.93. The zero-order valence-corrected chi connectivity index (χ0v) is 18.0. The third kappa shape index (κ3) is 4.90. The highest BCUT2D eigenvalue weighted by Crippen LogP contribution is 2.41. The Balaban J connectivity index is 1.48. The summed E-state index contributed by atoms with van der Waals surface area (Å²) in [6.07, 6.45) is 1.74. The number of amides is 1. The number of halogens is 1. The predicted octanol–water partition coefficient (Wildman–Crippen LogP) is 3.56. The number of rotatable bonds is 5. The fraction of sp³-hybridized carbons (Fsp3) is 0.480. The van der Waals surface area contributed by atoms with Gasteiger partial charge >= 0.3 is 0 Å². The van der Waals surface area contributed by atoms with Crippen LogP contribution in [-0.4, -0.2) is 55.0 Å². The molecule has 0 aromatic heterocycles. The van der Waals surface area contributed by atoms with Crippen LogP contribution in [0.15, 0.2) is 48.5 Å². The third-order valence-electron chi connectivity index (χ3n) is 6.67. The molecule has 2 aromatic rings. The maximum absolute atomic E-state index is 13.5. The van der Waals surface area contributed by atoms with Crippen LogP contribution in [0.25, 0.3) is 0 Å². The number of benzene rings is 2. The van der Waals surface area contributed by atoms with Gasteiger partial charge in [0.15, 0.2) is 0 Å². The van der Waals surface area contributed by atoms with E-state index in [1.807, 2.05) is 17.0 Å². The van der Waals surface area contributed by atoms with E-state index in [0.29, 0.717) is 0 Å². The first-order valence-electron chi connectivity index (χ1n) is 11.0. The van der Waals surface area contributed by atoms with Crippen LogP contribution in [0.3, 0.4) is 0 Å². The van der Waals surface area contributed by atoms with E-state index >= 15 is 0 Å². The summed E-state index contributed by atoms with van der Waals surface area (Å²) in [6, 6.07) is 15.5. The predicted molar refractivity (Wildman–Crippen MR) is 118 cm³/mol. The van der Waals surface area contributed by atoms with Gasteiger partial charge in [-0.3, -0.25) is 4.79 Å². The van der Waals surface area contributed by atoms with Crippen LogP contribution in [0.5, 0.6) is 0 Å². The lowest BCUT2D eigenvalue weighted by Gasteiger charge is -2.35. The number of likely N-dealkylation sites (N-methyl/N-ethyl adjacent to an activating group) is 1. The van der Waals surface area contributed by atoms with E-state index in [2.05, 4.69) is 48.5 Å². The maximum Gasteiger partial charge on any atom is 0.226 e. The Morgan fingerprint density at radius 1 is 1.07 bits per heavy atom. The van der Waals surface area contributed by atoms with Gasteiger partial charge in [-0.15, -0.1) is 0 Å². The second-order valence-electron chi connectivity index (χ2n) is 8.93. The van der Waals surface area contributed by atoms with Crippen molar-refractivity contribution in [1.82, 2.24) is 15.1 Å². The Hall–Kier alpha value is -2.24. The summed E-state index contributed by atoms with van der Waals surface area (Å²) >= 11 is 0. The average Bonchev–Trinajstić information content (AvgIpc) is 3.17. The Morgan fingerprint density at radius 3 is 2.50 bits per heavy atom. The summed E-state index contributed by atoms with van der Waals surface area (Å²) in [5.41, 5.74) is 3.60. The van der Waals surface area contributed by atoms with Gasteiger partial charge in [-0.25, -0.2) is 4.39 Å². The van der Waals surface area contributed by atoms with Gasteiger partial charge in [0.1, 0.15) is 5.82 Å². The number of carbonyl (C=O) groups excluding carboxylic acids is 1. The number of aryl methyl sites for hydroxylation is 1. The normalized spacial score (nSPS) is 24.9. The van der Waals surface area contributed by atoms with Crippen molar-refractivity contribution in [3.63, 3.8) is 0 Å². The number of nitrogens with zero attached hydrogens (tertiary/aromatic N) is 2. The van der Waals surface area contributed by atoms with Crippen molar-refractivity contribution < 1.29 is 9.18 Å². The largest absolute Gasteiger partial charge is 0.340 e. The Bertz CT molecular complexity index is 861. The van der Waals surface area contributed by atoms with Crippen LogP contribution in [0.2, 0.25) is 0 Å². The van der Waals surface area contributed by atoms with Gasteiger partial charge in [0.2, 0.25) is 5.91 Å². The molecule has 2 aliphatic rings. The van der Waals surface area contributed by atoms with Gasteiger partial charge in [-0.05, 0) is 56.0 Å². The molecule has 2 aromatic carbocycles. The second kappa shape index (κ2) is 9.27. The fourth-order valence-corrected chi connectivity index (χ4v) is 4.90. The molecule has 1 amide bonds. The average molecular weight is 410 g/mol. The van der Waals surface area contributed by atoms with E-state index in [1.165, 1.54) is 23.3 Å². The van der Waals surface area contributed by atoms with E-state index in [1.54, 1.807) is 0 Å². The minimum atomic E-state index is -0.229. The topological polar surface area (TPSA) is 35.6 Å². The van der Waals surface area contributed by atoms with Crippen molar-refractivity contribution >= 4 is 5.91 Å². The molecule has 1 heterocycles. The molecule has 1 saturated carbocycles. The van der Waals surface area contributed by atoms with Gasteiger partial charge in [0.25, 0.3) is 0 Å². The molecule has 2 fully saturated rings. The van der Waals surface area contributed by atoms with Gasteiger partial charge < -0.3 is 15.1 Å².